The number of carbonyl (C=O) groups excluding carboxylic acids is 2. The number of rotatable bonds is 3. The van der Waals surface area contributed by atoms with Crippen molar-refractivity contribution in [3.05, 3.63) is 52.6 Å². The van der Waals surface area contributed by atoms with Crippen LogP contribution in [0.2, 0.25) is 0 Å². The second kappa shape index (κ2) is 8.35. The van der Waals surface area contributed by atoms with Gasteiger partial charge < -0.3 is 4.74 Å². The second-order valence-corrected chi connectivity index (χ2v) is 11.5. The van der Waals surface area contributed by atoms with Crippen LogP contribution < -0.4 is 0 Å². The van der Waals surface area contributed by atoms with Crippen molar-refractivity contribution in [3.63, 3.8) is 0 Å². The fourth-order valence-electron chi connectivity index (χ4n) is 8.15. The molecule has 2 saturated carbocycles. The van der Waals surface area contributed by atoms with E-state index in [1.54, 1.807) is 6.07 Å². The van der Waals surface area contributed by atoms with Crippen molar-refractivity contribution >= 4 is 17.8 Å². The van der Waals surface area contributed by atoms with Gasteiger partial charge in [0.1, 0.15) is 12.4 Å². The minimum Gasteiger partial charge on any atom is -0.462 e. The SMILES string of the molecule is CC(=O)O[C@H]1CC[C@@]2(C)C(=CC[C@@H]3[C@@H]2CC[C@]2(C)C(c4cccc(C(F)(F)F)c4)=C(C=O)C[C@@H]32)C1. The first-order chi connectivity index (χ1) is 16.5. The molecular formula is C29H33F3O3. The molecule has 5 rings (SSSR count). The van der Waals surface area contributed by atoms with E-state index in [4.69, 9.17) is 4.74 Å². The molecule has 0 saturated heterocycles. The van der Waals surface area contributed by atoms with Gasteiger partial charge in [0.15, 0.2) is 0 Å². The summed E-state index contributed by atoms with van der Waals surface area (Å²) in [6.45, 7) is 5.97. The summed E-state index contributed by atoms with van der Waals surface area (Å²) < 4.78 is 45.9. The van der Waals surface area contributed by atoms with Crippen molar-refractivity contribution in [2.75, 3.05) is 0 Å². The average molecular weight is 487 g/mol. The molecule has 4 aliphatic rings. The molecule has 0 radical (unpaired) electrons. The number of allylic oxidation sites excluding steroid dienone is 3. The average Bonchev–Trinajstić information content (AvgIpc) is 3.11. The molecule has 3 nitrogen and oxygen atoms in total. The quantitative estimate of drug-likeness (QED) is 0.259. The monoisotopic (exact) mass is 486 g/mol. The highest BCUT2D eigenvalue weighted by atomic mass is 19.4. The molecule has 0 aromatic heterocycles. The van der Waals surface area contributed by atoms with Gasteiger partial charge >= 0.3 is 12.1 Å². The zero-order chi connectivity index (χ0) is 25.2. The highest BCUT2D eigenvalue weighted by Crippen LogP contribution is 2.67. The van der Waals surface area contributed by atoms with Crippen molar-refractivity contribution < 1.29 is 27.5 Å². The minimum atomic E-state index is -4.42. The number of alkyl halides is 3. The summed E-state index contributed by atoms with van der Waals surface area (Å²) in [5.74, 6) is 0.840. The van der Waals surface area contributed by atoms with Crippen LogP contribution >= 0.6 is 0 Å². The lowest BCUT2D eigenvalue weighted by Gasteiger charge is -2.57. The normalized spacial score (nSPS) is 36.6. The van der Waals surface area contributed by atoms with E-state index in [1.807, 2.05) is 0 Å². The topological polar surface area (TPSA) is 43.4 Å². The van der Waals surface area contributed by atoms with Gasteiger partial charge in [0, 0.05) is 13.3 Å². The van der Waals surface area contributed by atoms with E-state index in [1.165, 1.54) is 24.6 Å². The summed E-state index contributed by atoms with van der Waals surface area (Å²) in [6.07, 6.45) is 4.73. The van der Waals surface area contributed by atoms with E-state index < -0.39 is 11.7 Å². The van der Waals surface area contributed by atoms with Crippen LogP contribution in [-0.4, -0.2) is 18.4 Å². The van der Waals surface area contributed by atoms with E-state index in [9.17, 15) is 22.8 Å². The lowest BCUT2D eigenvalue weighted by atomic mass is 9.47. The molecule has 188 valence electrons. The van der Waals surface area contributed by atoms with Gasteiger partial charge in [-0.3, -0.25) is 9.59 Å². The van der Waals surface area contributed by atoms with E-state index in [2.05, 4.69) is 19.9 Å². The Hall–Kier alpha value is -2.37. The summed E-state index contributed by atoms with van der Waals surface area (Å²) in [5.41, 5.74) is 2.46. The Morgan fingerprint density at radius 1 is 1.09 bits per heavy atom. The number of benzene rings is 1. The fraction of sp³-hybridized carbons (Fsp3) is 0.586. The van der Waals surface area contributed by atoms with Crippen molar-refractivity contribution in [3.8, 4) is 0 Å². The number of ether oxygens (including phenoxy) is 1. The van der Waals surface area contributed by atoms with Gasteiger partial charge in [-0.2, -0.15) is 13.2 Å². The van der Waals surface area contributed by atoms with Gasteiger partial charge in [-0.1, -0.05) is 37.6 Å². The Bertz CT molecular complexity index is 1120. The maximum Gasteiger partial charge on any atom is 0.416 e. The van der Waals surface area contributed by atoms with Crippen LogP contribution in [0.4, 0.5) is 13.2 Å². The van der Waals surface area contributed by atoms with Crippen LogP contribution in [0.25, 0.3) is 5.57 Å². The van der Waals surface area contributed by atoms with E-state index >= 15 is 0 Å². The first kappa shape index (κ1) is 24.3. The molecule has 1 aromatic rings. The number of hydrogen-bond acceptors (Lipinski definition) is 3. The Labute approximate surface area is 204 Å². The van der Waals surface area contributed by atoms with E-state index in [-0.39, 0.29) is 28.8 Å². The molecule has 0 spiro atoms. The van der Waals surface area contributed by atoms with Crippen molar-refractivity contribution in [1.82, 2.24) is 0 Å². The highest BCUT2D eigenvalue weighted by molar-refractivity contribution is 5.92. The summed E-state index contributed by atoms with van der Waals surface area (Å²) in [4.78, 5) is 23.7. The zero-order valence-corrected chi connectivity index (χ0v) is 20.6. The Kier molecular flexibility index (Phi) is 5.80. The largest absolute Gasteiger partial charge is 0.462 e. The van der Waals surface area contributed by atoms with E-state index in [0.29, 0.717) is 29.4 Å². The second-order valence-electron chi connectivity index (χ2n) is 11.5. The summed E-state index contributed by atoms with van der Waals surface area (Å²) >= 11 is 0. The predicted octanol–water partition coefficient (Wildman–Crippen LogP) is 7.16. The molecule has 0 N–H and O–H groups in total. The van der Waals surface area contributed by atoms with E-state index in [0.717, 1.165) is 56.5 Å². The van der Waals surface area contributed by atoms with Gasteiger partial charge in [-0.15, -0.1) is 0 Å². The van der Waals surface area contributed by atoms with Crippen molar-refractivity contribution in [2.24, 2.45) is 28.6 Å². The standard InChI is InChI=1S/C29H33F3O3/c1-17(34)35-22-9-11-27(2)20(15-22)7-8-23-24(27)10-12-28(3)25(23)14-19(16-33)26(28)18-5-4-6-21(13-18)29(30,31)32/h4-7,13,16,22-25H,8-12,14-15H2,1-3H3/t22-,23+,24-,25-,27-,28-/m0/s1. The summed E-state index contributed by atoms with van der Waals surface area (Å²) in [7, 11) is 0. The third-order valence-corrected chi connectivity index (χ3v) is 9.73. The Morgan fingerprint density at radius 2 is 1.83 bits per heavy atom. The number of aldehydes is 1. The fourth-order valence-corrected chi connectivity index (χ4v) is 8.15. The van der Waals surface area contributed by atoms with Gasteiger partial charge in [-0.25, -0.2) is 0 Å². The zero-order valence-electron chi connectivity index (χ0n) is 20.6. The number of fused-ring (bicyclic) bond motifs is 5. The maximum atomic E-state index is 13.5. The van der Waals surface area contributed by atoms with Crippen molar-refractivity contribution in [1.29, 1.82) is 0 Å². The highest BCUT2D eigenvalue weighted by Gasteiger charge is 2.58. The summed E-state index contributed by atoms with van der Waals surface area (Å²) in [6, 6.07) is 5.49. The molecule has 0 heterocycles. The molecule has 0 unspecified atom stereocenters. The van der Waals surface area contributed by atoms with Gasteiger partial charge in [0.25, 0.3) is 0 Å². The molecule has 4 aliphatic carbocycles. The number of carbonyl (C=O) groups is 2. The first-order valence-corrected chi connectivity index (χ1v) is 12.7. The number of hydrogen-bond donors (Lipinski definition) is 0. The molecule has 6 atom stereocenters. The molecule has 0 amide bonds. The van der Waals surface area contributed by atoms with Crippen molar-refractivity contribution in [2.45, 2.75) is 78.0 Å². The van der Waals surface area contributed by atoms with Gasteiger partial charge in [0.2, 0.25) is 0 Å². The summed E-state index contributed by atoms with van der Waals surface area (Å²) in [5, 5.41) is 0. The molecule has 2 fully saturated rings. The molecule has 0 bridgehead atoms. The van der Waals surface area contributed by atoms with Gasteiger partial charge in [-0.05, 0) is 96.0 Å². The lowest BCUT2D eigenvalue weighted by Crippen LogP contribution is -2.50. The lowest BCUT2D eigenvalue weighted by molar-refractivity contribution is -0.148. The molecule has 6 heteroatoms. The van der Waals surface area contributed by atoms with Crippen LogP contribution in [-0.2, 0) is 20.5 Å². The Balaban J connectivity index is 1.47. The van der Waals surface area contributed by atoms with Crippen LogP contribution in [0, 0.1) is 28.6 Å². The van der Waals surface area contributed by atoms with Gasteiger partial charge in [0.05, 0.1) is 5.56 Å². The molecule has 35 heavy (non-hydrogen) atoms. The van der Waals surface area contributed by atoms with Crippen LogP contribution in [0.3, 0.4) is 0 Å². The first-order valence-electron chi connectivity index (χ1n) is 12.7. The maximum absolute atomic E-state index is 13.5. The van der Waals surface area contributed by atoms with Crippen LogP contribution in [0.15, 0.2) is 41.5 Å². The third-order valence-electron chi connectivity index (χ3n) is 9.73. The molecule has 0 aliphatic heterocycles. The van der Waals surface area contributed by atoms with Crippen LogP contribution in [0.1, 0.15) is 76.8 Å². The number of halogens is 3. The predicted molar refractivity (Wildman–Crippen MR) is 127 cm³/mol. The molecule has 1 aromatic carbocycles. The molecular weight excluding hydrogens is 453 g/mol. The Morgan fingerprint density at radius 3 is 2.51 bits per heavy atom. The third kappa shape index (κ3) is 3.88. The minimum absolute atomic E-state index is 0.0428. The smallest absolute Gasteiger partial charge is 0.416 e. The number of esters is 1. The van der Waals surface area contributed by atoms with Crippen LogP contribution in [0.5, 0.6) is 0 Å².